The lowest BCUT2D eigenvalue weighted by molar-refractivity contribution is -0.120. The Kier molecular flexibility index (Phi) is 2.58. The van der Waals surface area contributed by atoms with Crippen molar-refractivity contribution in [2.75, 3.05) is 0 Å². The van der Waals surface area contributed by atoms with Gasteiger partial charge in [0, 0.05) is 11.7 Å². The zero-order chi connectivity index (χ0) is 10.3. The van der Waals surface area contributed by atoms with Crippen molar-refractivity contribution in [2.45, 2.75) is 67.8 Å². The van der Waals surface area contributed by atoms with Crippen LogP contribution in [0.2, 0.25) is 0 Å². The number of ketones is 1. The molecular weight excluding hydrogens is 204 g/mol. The maximum absolute atomic E-state index is 12.0. The van der Waals surface area contributed by atoms with Gasteiger partial charge in [0.25, 0.3) is 0 Å². The van der Waals surface area contributed by atoms with Crippen molar-refractivity contribution in [1.29, 1.82) is 0 Å². The van der Waals surface area contributed by atoms with Crippen LogP contribution in [0.5, 0.6) is 0 Å². The summed E-state index contributed by atoms with van der Waals surface area (Å²) in [6.07, 6.45) is 11.6. The highest BCUT2D eigenvalue weighted by molar-refractivity contribution is 8.02. The third-order valence-electron chi connectivity index (χ3n) is 4.50. The third kappa shape index (κ3) is 1.75. The molecule has 3 aliphatic rings. The van der Waals surface area contributed by atoms with E-state index in [2.05, 4.69) is 11.8 Å². The van der Waals surface area contributed by atoms with Gasteiger partial charge in [-0.2, -0.15) is 0 Å². The van der Waals surface area contributed by atoms with Gasteiger partial charge in [-0.3, -0.25) is 4.79 Å². The van der Waals surface area contributed by atoms with Crippen LogP contribution in [0, 0.1) is 5.92 Å². The minimum Gasteiger partial charge on any atom is -0.298 e. The maximum atomic E-state index is 12.0. The van der Waals surface area contributed by atoms with E-state index in [1.165, 1.54) is 51.4 Å². The molecule has 2 atom stereocenters. The normalized spacial score (nSPS) is 41.3. The predicted octanol–water partition coefficient (Wildman–Crippen LogP) is 3.56. The fraction of sp³-hybridized carbons (Fsp3) is 0.923. The second-order valence-electron chi connectivity index (χ2n) is 5.61. The van der Waals surface area contributed by atoms with Crippen molar-refractivity contribution < 1.29 is 4.79 Å². The van der Waals surface area contributed by atoms with Crippen LogP contribution >= 0.6 is 11.8 Å². The molecule has 3 saturated carbocycles. The van der Waals surface area contributed by atoms with E-state index in [1.807, 2.05) is 0 Å². The Morgan fingerprint density at radius 3 is 2.53 bits per heavy atom. The summed E-state index contributed by atoms with van der Waals surface area (Å²) in [6.45, 7) is 0. The molecule has 2 heteroatoms. The van der Waals surface area contributed by atoms with E-state index in [9.17, 15) is 4.79 Å². The molecule has 0 radical (unpaired) electrons. The molecule has 0 N–H and O–H groups in total. The summed E-state index contributed by atoms with van der Waals surface area (Å²) >= 11 is 2.08. The van der Waals surface area contributed by atoms with Crippen molar-refractivity contribution in [2.24, 2.45) is 5.92 Å². The van der Waals surface area contributed by atoms with Gasteiger partial charge in [0.1, 0.15) is 5.78 Å². The van der Waals surface area contributed by atoms with Crippen LogP contribution in [0.3, 0.4) is 0 Å². The van der Waals surface area contributed by atoms with E-state index in [1.54, 1.807) is 0 Å². The van der Waals surface area contributed by atoms with Crippen LogP contribution in [0.25, 0.3) is 0 Å². The molecule has 0 aromatic heterocycles. The Labute approximate surface area is 96.4 Å². The van der Waals surface area contributed by atoms with Gasteiger partial charge < -0.3 is 0 Å². The standard InChI is InChI=1S/C13H20OS/c14-12-8-10-6-7-13(12,9-10)15-11-4-2-1-3-5-11/h10-11H,1-9H2. The molecule has 0 heterocycles. The van der Waals surface area contributed by atoms with Crippen LogP contribution in [0.15, 0.2) is 0 Å². The van der Waals surface area contributed by atoms with Gasteiger partial charge in [-0.05, 0) is 38.0 Å². The van der Waals surface area contributed by atoms with Crippen LogP contribution in [-0.2, 0) is 4.79 Å². The number of hydrogen-bond donors (Lipinski definition) is 0. The zero-order valence-electron chi connectivity index (χ0n) is 9.34. The summed E-state index contributed by atoms with van der Waals surface area (Å²) in [4.78, 5) is 12.0. The first-order valence-electron chi connectivity index (χ1n) is 6.50. The number of carbonyl (C=O) groups is 1. The number of carbonyl (C=O) groups excluding carboxylic acids is 1. The molecule has 0 aromatic rings. The summed E-state index contributed by atoms with van der Waals surface area (Å²) in [6, 6.07) is 0. The highest BCUT2D eigenvalue weighted by Gasteiger charge is 2.52. The summed E-state index contributed by atoms with van der Waals surface area (Å²) in [7, 11) is 0. The highest BCUT2D eigenvalue weighted by Crippen LogP contribution is 2.55. The molecule has 1 nitrogen and oxygen atoms in total. The average molecular weight is 224 g/mol. The maximum Gasteiger partial charge on any atom is 0.149 e. The smallest absolute Gasteiger partial charge is 0.149 e. The Hall–Kier alpha value is 0.0200. The molecule has 0 amide bonds. The van der Waals surface area contributed by atoms with Gasteiger partial charge in [0.2, 0.25) is 0 Å². The first kappa shape index (κ1) is 10.2. The molecule has 15 heavy (non-hydrogen) atoms. The molecule has 0 spiro atoms. The largest absolute Gasteiger partial charge is 0.298 e. The van der Waals surface area contributed by atoms with Gasteiger partial charge in [-0.25, -0.2) is 0 Å². The molecule has 2 bridgehead atoms. The SMILES string of the molecule is O=C1CC2CCC1(SC1CCCCC1)C2. The topological polar surface area (TPSA) is 17.1 Å². The van der Waals surface area contributed by atoms with Gasteiger partial charge in [-0.1, -0.05) is 19.3 Å². The molecule has 3 rings (SSSR count). The molecule has 84 valence electrons. The van der Waals surface area contributed by atoms with E-state index in [-0.39, 0.29) is 4.75 Å². The van der Waals surface area contributed by atoms with Crippen molar-refractivity contribution >= 4 is 17.5 Å². The zero-order valence-corrected chi connectivity index (χ0v) is 10.2. The lowest BCUT2D eigenvalue weighted by atomic mass is 9.98. The lowest BCUT2D eigenvalue weighted by Gasteiger charge is -2.31. The first-order chi connectivity index (χ1) is 7.28. The third-order valence-corrected chi connectivity index (χ3v) is 6.36. The second kappa shape index (κ2) is 3.80. The van der Waals surface area contributed by atoms with E-state index in [0.29, 0.717) is 5.78 Å². The number of hydrogen-bond acceptors (Lipinski definition) is 2. The molecule has 0 aliphatic heterocycles. The van der Waals surface area contributed by atoms with Gasteiger partial charge in [0.15, 0.2) is 0 Å². The van der Waals surface area contributed by atoms with Crippen LogP contribution < -0.4 is 0 Å². The van der Waals surface area contributed by atoms with Crippen LogP contribution in [0.4, 0.5) is 0 Å². The van der Waals surface area contributed by atoms with Crippen molar-refractivity contribution in [3.63, 3.8) is 0 Å². The Bertz CT molecular complexity index is 270. The number of fused-ring (bicyclic) bond motifs is 2. The van der Waals surface area contributed by atoms with E-state index < -0.39 is 0 Å². The fourth-order valence-corrected chi connectivity index (χ4v) is 5.65. The average Bonchev–Trinajstić information content (AvgIpc) is 2.76. The van der Waals surface area contributed by atoms with E-state index in [0.717, 1.165) is 17.6 Å². The van der Waals surface area contributed by atoms with Gasteiger partial charge in [-0.15, -0.1) is 11.8 Å². The Morgan fingerprint density at radius 2 is 1.93 bits per heavy atom. The molecule has 2 unspecified atom stereocenters. The quantitative estimate of drug-likeness (QED) is 0.713. The van der Waals surface area contributed by atoms with Crippen LogP contribution in [0.1, 0.15) is 57.8 Å². The second-order valence-corrected chi connectivity index (χ2v) is 7.29. The number of rotatable bonds is 2. The molecule has 0 aromatic carbocycles. The lowest BCUT2D eigenvalue weighted by Crippen LogP contribution is -2.32. The van der Waals surface area contributed by atoms with E-state index in [4.69, 9.17) is 0 Å². The molecular formula is C13H20OS. The first-order valence-corrected chi connectivity index (χ1v) is 7.38. The number of Topliss-reactive ketones (excluding diaryl/α,β-unsaturated/α-hetero) is 1. The van der Waals surface area contributed by atoms with Gasteiger partial charge >= 0.3 is 0 Å². The van der Waals surface area contributed by atoms with Crippen LogP contribution in [-0.4, -0.2) is 15.8 Å². The minimum absolute atomic E-state index is 0.104. The predicted molar refractivity (Wildman–Crippen MR) is 64.2 cm³/mol. The Morgan fingerprint density at radius 1 is 1.13 bits per heavy atom. The summed E-state index contributed by atoms with van der Waals surface area (Å²) in [5, 5.41) is 0.805. The van der Waals surface area contributed by atoms with Crippen molar-refractivity contribution in [3.05, 3.63) is 0 Å². The van der Waals surface area contributed by atoms with E-state index >= 15 is 0 Å². The summed E-state index contributed by atoms with van der Waals surface area (Å²) in [5.74, 6) is 1.35. The minimum atomic E-state index is 0.104. The summed E-state index contributed by atoms with van der Waals surface area (Å²) < 4.78 is 0.104. The summed E-state index contributed by atoms with van der Waals surface area (Å²) in [5.41, 5.74) is 0. The monoisotopic (exact) mass is 224 g/mol. The number of thioether (sulfide) groups is 1. The fourth-order valence-electron chi connectivity index (χ4n) is 3.66. The van der Waals surface area contributed by atoms with Crippen molar-refractivity contribution in [3.8, 4) is 0 Å². The molecule has 3 fully saturated rings. The highest BCUT2D eigenvalue weighted by atomic mass is 32.2. The molecule has 3 aliphatic carbocycles. The van der Waals surface area contributed by atoms with Crippen molar-refractivity contribution in [1.82, 2.24) is 0 Å². The van der Waals surface area contributed by atoms with Gasteiger partial charge in [0.05, 0.1) is 4.75 Å². The Balaban J connectivity index is 1.68. The molecule has 0 saturated heterocycles.